The first-order chi connectivity index (χ1) is 12.5. The molecule has 0 fully saturated rings. The molecular formula is C18H16ClN3O4. The first kappa shape index (κ1) is 17.9. The van der Waals surface area contributed by atoms with Crippen LogP contribution in [-0.2, 0) is 14.3 Å². The minimum absolute atomic E-state index is 0.0199. The zero-order chi connectivity index (χ0) is 18.7. The number of pyridine rings is 1. The highest BCUT2D eigenvalue weighted by Gasteiger charge is 2.30. The number of esters is 1. The molecular weight excluding hydrogens is 358 g/mol. The van der Waals surface area contributed by atoms with Crippen LogP contribution in [0.25, 0.3) is 0 Å². The first-order valence-corrected chi connectivity index (χ1v) is 8.33. The molecule has 7 nitrogen and oxygen atoms in total. The van der Waals surface area contributed by atoms with Gasteiger partial charge in [0.25, 0.3) is 5.91 Å². The first-order valence-electron chi connectivity index (χ1n) is 7.95. The molecule has 1 aliphatic rings. The molecule has 26 heavy (non-hydrogen) atoms. The van der Waals surface area contributed by atoms with E-state index >= 15 is 0 Å². The molecule has 0 saturated heterocycles. The molecule has 1 aromatic heterocycles. The van der Waals surface area contributed by atoms with Gasteiger partial charge in [0.2, 0.25) is 5.91 Å². The standard InChI is InChI=1S/C18H16ClN3O4/c1-11-8-16(23)21-13-4-2-3-5-15(13)22(11)17(24)10-26-18(25)14-9-12(19)6-7-20-14/h2-7,9,11H,8,10H2,1H3,(H,21,23)/t11-/m0/s1. The number of para-hydroxylation sites is 2. The van der Waals surface area contributed by atoms with Gasteiger partial charge in [-0.05, 0) is 31.2 Å². The minimum atomic E-state index is -0.745. The van der Waals surface area contributed by atoms with E-state index in [0.29, 0.717) is 16.4 Å². The van der Waals surface area contributed by atoms with Crippen molar-refractivity contribution in [2.24, 2.45) is 0 Å². The lowest BCUT2D eigenvalue weighted by atomic mass is 10.1. The number of hydrogen-bond acceptors (Lipinski definition) is 5. The number of ether oxygens (including phenoxy) is 1. The SMILES string of the molecule is C[C@H]1CC(=O)Nc2ccccc2N1C(=O)COC(=O)c1cc(Cl)ccn1. The topological polar surface area (TPSA) is 88.6 Å². The molecule has 0 spiro atoms. The highest BCUT2D eigenvalue weighted by atomic mass is 35.5. The maximum absolute atomic E-state index is 12.7. The fourth-order valence-electron chi connectivity index (χ4n) is 2.75. The Morgan fingerprint density at radius 2 is 2.12 bits per heavy atom. The molecule has 1 aromatic carbocycles. The third-order valence-corrected chi connectivity index (χ3v) is 4.12. The van der Waals surface area contributed by atoms with E-state index < -0.39 is 18.5 Å². The van der Waals surface area contributed by atoms with Gasteiger partial charge in [-0.15, -0.1) is 0 Å². The van der Waals surface area contributed by atoms with Crippen LogP contribution in [0, 0.1) is 0 Å². The second-order valence-electron chi connectivity index (χ2n) is 5.82. The lowest BCUT2D eigenvalue weighted by molar-refractivity contribution is -0.122. The normalized spacial score (nSPS) is 16.3. The Labute approximate surface area is 154 Å². The average molecular weight is 374 g/mol. The van der Waals surface area contributed by atoms with Crippen molar-refractivity contribution >= 4 is 40.8 Å². The van der Waals surface area contributed by atoms with Crippen molar-refractivity contribution in [2.75, 3.05) is 16.8 Å². The third kappa shape index (κ3) is 3.83. The van der Waals surface area contributed by atoms with Gasteiger partial charge in [0.15, 0.2) is 6.61 Å². The van der Waals surface area contributed by atoms with Crippen molar-refractivity contribution in [3.8, 4) is 0 Å². The zero-order valence-electron chi connectivity index (χ0n) is 13.9. The Hall–Kier alpha value is -2.93. The van der Waals surface area contributed by atoms with E-state index in [-0.39, 0.29) is 24.1 Å². The van der Waals surface area contributed by atoms with Gasteiger partial charge in [0.1, 0.15) is 5.69 Å². The van der Waals surface area contributed by atoms with Crippen LogP contribution in [0.3, 0.4) is 0 Å². The predicted octanol–water partition coefficient (Wildman–Crippen LogP) is 2.66. The zero-order valence-corrected chi connectivity index (χ0v) is 14.7. The summed E-state index contributed by atoms with van der Waals surface area (Å²) in [5.41, 5.74) is 1.12. The van der Waals surface area contributed by atoms with Gasteiger partial charge in [0.05, 0.1) is 11.4 Å². The fraction of sp³-hybridized carbons (Fsp3) is 0.222. The molecule has 1 aliphatic heterocycles. The van der Waals surface area contributed by atoms with Crippen LogP contribution in [0.5, 0.6) is 0 Å². The number of carbonyl (C=O) groups is 3. The van der Waals surface area contributed by atoms with Gasteiger partial charge in [-0.25, -0.2) is 9.78 Å². The van der Waals surface area contributed by atoms with Crippen LogP contribution in [0.15, 0.2) is 42.6 Å². The number of nitrogens with one attached hydrogen (secondary N) is 1. The van der Waals surface area contributed by atoms with Crippen molar-refractivity contribution in [3.05, 3.63) is 53.3 Å². The van der Waals surface area contributed by atoms with E-state index in [9.17, 15) is 14.4 Å². The second kappa shape index (κ2) is 7.53. The van der Waals surface area contributed by atoms with Gasteiger partial charge in [-0.1, -0.05) is 23.7 Å². The molecule has 0 bridgehead atoms. The number of fused-ring (bicyclic) bond motifs is 1. The largest absolute Gasteiger partial charge is 0.451 e. The highest BCUT2D eigenvalue weighted by Crippen LogP contribution is 2.31. The monoisotopic (exact) mass is 373 g/mol. The lowest BCUT2D eigenvalue weighted by Gasteiger charge is -2.27. The number of aromatic nitrogens is 1. The number of hydrogen-bond donors (Lipinski definition) is 1. The second-order valence-corrected chi connectivity index (χ2v) is 6.25. The van der Waals surface area contributed by atoms with Gasteiger partial charge < -0.3 is 15.0 Å². The van der Waals surface area contributed by atoms with Crippen molar-refractivity contribution in [3.63, 3.8) is 0 Å². The fourth-order valence-corrected chi connectivity index (χ4v) is 2.91. The Morgan fingerprint density at radius 1 is 1.35 bits per heavy atom. The summed E-state index contributed by atoms with van der Waals surface area (Å²) in [4.78, 5) is 42.0. The molecule has 134 valence electrons. The van der Waals surface area contributed by atoms with Gasteiger partial charge in [0, 0.05) is 23.7 Å². The summed E-state index contributed by atoms with van der Waals surface area (Å²) in [6.07, 6.45) is 1.52. The molecule has 8 heteroatoms. The number of amides is 2. The molecule has 2 aromatic rings. The minimum Gasteiger partial charge on any atom is -0.451 e. The Balaban J connectivity index is 1.76. The number of nitrogens with zero attached hydrogens (tertiary/aromatic N) is 2. The van der Waals surface area contributed by atoms with Crippen LogP contribution in [0.4, 0.5) is 11.4 Å². The summed E-state index contributed by atoms with van der Waals surface area (Å²) >= 11 is 5.82. The summed E-state index contributed by atoms with van der Waals surface area (Å²) in [5.74, 6) is -1.36. The Morgan fingerprint density at radius 3 is 2.88 bits per heavy atom. The quantitative estimate of drug-likeness (QED) is 0.835. The molecule has 2 heterocycles. The van der Waals surface area contributed by atoms with Crippen molar-refractivity contribution in [2.45, 2.75) is 19.4 Å². The summed E-state index contributed by atoms with van der Waals surface area (Å²) in [6, 6.07) is 9.50. The molecule has 2 amide bonds. The van der Waals surface area contributed by atoms with Crippen molar-refractivity contribution in [1.82, 2.24) is 4.98 Å². The number of anilines is 2. The molecule has 0 radical (unpaired) electrons. The van der Waals surface area contributed by atoms with Crippen LogP contribution in [-0.4, -0.2) is 35.4 Å². The summed E-state index contributed by atoms with van der Waals surface area (Å²) in [5, 5.41) is 3.11. The molecule has 1 atom stereocenters. The Bertz CT molecular complexity index is 871. The predicted molar refractivity (Wildman–Crippen MR) is 96.2 cm³/mol. The van der Waals surface area contributed by atoms with Gasteiger partial charge in [-0.3, -0.25) is 9.59 Å². The van der Waals surface area contributed by atoms with Crippen molar-refractivity contribution < 1.29 is 19.1 Å². The van der Waals surface area contributed by atoms with E-state index in [2.05, 4.69) is 10.3 Å². The molecule has 1 N–H and O–H groups in total. The van der Waals surface area contributed by atoms with Gasteiger partial charge in [-0.2, -0.15) is 0 Å². The number of benzene rings is 1. The van der Waals surface area contributed by atoms with Gasteiger partial charge >= 0.3 is 5.97 Å². The maximum Gasteiger partial charge on any atom is 0.357 e. The molecule has 3 rings (SSSR count). The van der Waals surface area contributed by atoms with E-state index in [4.69, 9.17) is 16.3 Å². The number of carbonyl (C=O) groups excluding carboxylic acids is 3. The smallest absolute Gasteiger partial charge is 0.357 e. The highest BCUT2D eigenvalue weighted by molar-refractivity contribution is 6.30. The lowest BCUT2D eigenvalue weighted by Crippen LogP contribution is -2.41. The van der Waals surface area contributed by atoms with Crippen LogP contribution in [0.1, 0.15) is 23.8 Å². The van der Waals surface area contributed by atoms with Crippen LogP contribution in [0.2, 0.25) is 5.02 Å². The van der Waals surface area contributed by atoms with Crippen molar-refractivity contribution in [1.29, 1.82) is 0 Å². The maximum atomic E-state index is 12.7. The summed E-state index contributed by atoms with van der Waals surface area (Å²) < 4.78 is 5.07. The Kier molecular flexibility index (Phi) is 5.18. The summed E-state index contributed by atoms with van der Waals surface area (Å²) in [7, 11) is 0. The van der Waals surface area contributed by atoms with Crippen LogP contribution < -0.4 is 10.2 Å². The van der Waals surface area contributed by atoms with E-state index in [1.165, 1.54) is 23.2 Å². The number of rotatable bonds is 3. The molecule has 0 unspecified atom stereocenters. The van der Waals surface area contributed by atoms with Crippen LogP contribution >= 0.6 is 11.6 Å². The van der Waals surface area contributed by atoms with E-state index in [1.807, 2.05) is 0 Å². The third-order valence-electron chi connectivity index (χ3n) is 3.89. The van der Waals surface area contributed by atoms with E-state index in [0.717, 1.165) is 0 Å². The molecule has 0 saturated carbocycles. The summed E-state index contributed by atoms with van der Waals surface area (Å²) in [6.45, 7) is 1.29. The molecule has 0 aliphatic carbocycles. The number of halogens is 1. The van der Waals surface area contributed by atoms with E-state index in [1.54, 1.807) is 31.2 Å². The average Bonchev–Trinajstić information content (AvgIpc) is 2.73.